The first-order chi connectivity index (χ1) is 6.13. The maximum absolute atomic E-state index is 12.5. The van der Waals surface area contributed by atoms with Crippen molar-refractivity contribution in [3.05, 3.63) is 11.8 Å². The van der Waals surface area contributed by atoms with Crippen molar-refractivity contribution in [1.82, 2.24) is 0 Å². The van der Waals surface area contributed by atoms with Gasteiger partial charge in [0.1, 0.15) is 0 Å². The Morgan fingerprint density at radius 2 is 1.86 bits per heavy atom. The molecule has 0 bridgehead atoms. The molecule has 0 spiro atoms. The van der Waals surface area contributed by atoms with Crippen LogP contribution in [0.5, 0.6) is 0 Å². The van der Waals surface area contributed by atoms with E-state index in [1.165, 1.54) is 6.21 Å². The summed E-state index contributed by atoms with van der Waals surface area (Å²) in [6.45, 7) is 4.70. The first-order valence-corrected chi connectivity index (χ1v) is 4.26. The van der Waals surface area contributed by atoms with Gasteiger partial charge in [0.15, 0.2) is 0 Å². The maximum Gasteiger partial charge on any atom is 0.284 e. The van der Waals surface area contributed by atoms with Gasteiger partial charge in [0.25, 0.3) is 5.92 Å². The van der Waals surface area contributed by atoms with Crippen LogP contribution in [0.2, 0.25) is 0 Å². The van der Waals surface area contributed by atoms with Crippen LogP contribution in [0.1, 0.15) is 20.8 Å². The molecule has 0 unspecified atom stereocenters. The fourth-order valence-corrected chi connectivity index (χ4v) is 0.567. The van der Waals surface area contributed by atoms with Gasteiger partial charge in [0.2, 0.25) is 0 Å². The Kier molecular flexibility index (Phi) is 4.19. The number of nitrogens with two attached hydrogens (primary N) is 2. The van der Waals surface area contributed by atoms with Gasteiger partial charge in [-0.25, -0.2) is 8.78 Å². The molecule has 0 rings (SSSR count). The highest BCUT2D eigenvalue weighted by Gasteiger charge is 2.24. The Morgan fingerprint density at radius 1 is 1.36 bits per heavy atom. The largest absolute Gasteiger partial charge is 0.397 e. The number of nitrogens with zero attached hydrogens (tertiary/aromatic N) is 1. The summed E-state index contributed by atoms with van der Waals surface area (Å²) >= 11 is 0. The molecule has 5 heteroatoms. The molecule has 0 aromatic carbocycles. The van der Waals surface area contributed by atoms with Gasteiger partial charge in [-0.05, 0) is 19.9 Å². The van der Waals surface area contributed by atoms with Crippen molar-refractivity contribution in [3.8, 4) is 0 Å². The highest BCUT2D eigenvalue weighted by Crippen LogP contribution is 2.17. The van der Waals surface area contributed by atoms with E-state index in [-0.39, 0.29) is 0 Å². The molecule has 0 saturated carbocycles. The van der Waals surface area contributed by atoms with Crippen molar-refractivity contribution in [2.75, 3.05) is 6.54 Å². The average Bonchev–Trinajstić information content (AvgIpc) is 1.93. The second-order valence-electron chi connectivity index (χ2n) is 3.99. The van der Waals surface area contributed by atoms with Gasteiger partial charge in [-0.3, -0.25) is 4.99 Å². The Morgan fingerprint density at radius 3 is 2.21 bits per heavy atom. The van der Waals surface area contributed by atoms with Gasteiger partial charge in [0.05, 0.1) is 12.2 Å². The van der Waals surface area contributed by atoms with Crippen LogP contribution in [-0.4, -0.2) is 24.2 Å². The van der Waals surface area contributed by atoms with E-state index in [1.807, 2.05) is 0 Å². The highest BCUT2D eigenvalue weighted by molar-refractivity contribution is 5.72. The smallest absolute Gasteiger partial charge is 0.284 e. The van der Waals surface area contributed by atoms with Crippen molar-refractivity contribution >= 4 is 6.21 Å². The lowest BCUT2D eigenvalue weighted by Gasteiger charge is -2.14. The molecule has 0 amide bonds. The number of alkyl halides is 2. The summed E-state index contributed by atoms with van der Waals surface area (Å²) in [5.41, 5.74) is 9.77. The van der Waals surface area contributed by atoms with Gasteiger partial charge >= 0.3 is 0 Å². The van der Waals surface area contributed by atoms with E-state index in [1.54, 1.807) is 13.8 Å². The van der Waals surface area contributed by atoms with E-state index in [9.17, 15) is 8.78 Å². The third kappa shape index (κ3) is 6.54. The quantitative estimate of drug-likeness (QED) is 0.679. The maximum atomic E-state index is 12.5. The highest BCUT2D eigenvalue weighted by atomic mass is 19.3. The Labute approximate surface area is 82.9 Å². The lowest BCUT2D eigenvalue weighted by atomic mass is 10.1. The van der Waals surface area contributed by atoms with E-state index in [2.05, 4.69) is 4.99 Å². The van der Waals surface area contributed by atoms with Gasteiger partial charge < -0.3 is 11.5 Å². The minimum atomic E-state index is -3.00. The molecule has 0 fully saturated rings. The second kappa shape index (κ2) is 4.50. The third-order valence-corrected chi connectivity index (χ3v) is 1.37. The number of halogens is 2. The van der Waals surface area contributed by atoms with E-state index in [0.717, 1.165) is 13.0 Å². The average molecular weight is 205 g/mol. The Hall–Kier alpha value is -0.970. The standard InChI is InChI=1S/C9H17F2N3/c1-8(2,13)6-14-5-4-7(12)9(3,10)11/h4-5H,6,12-13H2,1-3H3/b7-4-,14-5?. The summed E-state index contributed by atoms with van der Waals surface area (Å²) in [6.07, 6.45) is 2.34. The van der Waals surface area contributed by atoms with Crippen LogP contribution >= 0.6 is 0 Å². The summed E-state index contributed by atoms with van der Waals surface area (Å²) in [4.78, 5) is 3.86. The summed E-state index contributed by atoms with van der Waals surface area (Å²) in [5, 5.41) is 0. The summed E-state index contributed by atoms with van der Waals surface area (Å²) in [5.74, 6) is -3.00. The zero-order valence-corrected chi connectivity index (χ0v) is 8.72. The molecule has 0 heterocycles. The number of allylic oxidation sites excluding steroid dienone is 2. The van der Waals surface area contributed by atoms with Gasteiger partial charge in [0, 0.05) is 18.7 Å². The van der Waals surface area contributed by atoms with Gasteiger partial charge in [-0.15, -0.1) is 0 Å². The van der Waals surface area contributed by atoms with Gasteiger partial charge in [-0.2, -0.15) is 0 Å². The van der Waals surface area contributed by atoms with Crippen LogP contribution in [-0.2, 0) is 0 Å². The van der Waals surface area contributed by atoms with E-state index in [4.69, 9.17) is 11.5 Å². The molecule has 82 valence electrons. The van der Waals surface area contributed by atoms with Crippen LogP contribution in [0.15, 0.2) is 16.8 Å². The summed E-state index contributed by atoms with van der Waals surface area (Å²) in [6, 6.07) is 0. The topological polar surface area (TPSA) is 64.4 Å². The molecule has 0 saturated heterocycles. The summed E-state index contributed by atoms with van der Waals surface area (Å²) < 4.78 is 25.0. The minimum absolute atomic E-state index is 0.367. The lowest BCUT2D eigenvalue weighted by Crippen LogP contribution is -2.35. The normalized spacial score (nSPS) is 15.1. The second-order valence-corrected chi connectivity index (χ2v) is 3.99. The molecule has 0 radical (unpaired) electrons. The first kappa shape index (κ1) is 13.0. The number of aliphatic imine (C=N–C) groups is 1. The molecule has 0 aliphatic heterocycles. The molecule has 0 atom stereocenters. The first-order valence-electron chi connectivity index (χ1n) is 4.26. The Balaban J connectivity index is 4.17. The van der Waals surface area contributed by atoms with Gasteiger partial charge in [-0.1, -0.05) is 0 Å². The van der Waals surface area contributed by atoms with E-state index >= 15 is 0 Å². The molecule has 0 aromatic heterocycles. The van der Waals surface area contributed by atoms with Crippen LogP contribution < -0.4 is 11.5 Å². The lowest BCUT2D eigenvalue weighted by molar-refractivity contribution is 0.0620. The van der Waals surface area contributed by atoms with Crippen molar-refractivity contribution < 1.29 is 8.78 Å². The summed E-state index contributed by atoms with van der Waals surface area (Å²) in [7, 11) is 0. The Bertz CT molecular complexity index is 233. The third-order valence-electron chi connectivity index (χ3n) is 1.37. The fraction of sp³-hybridized carbons (Fsp3) is 0.667. The molecule has 0 aliphatic rings. The molecule has 0 aliphatic carbocycles. The number of rotatable bonds is 4. The van der Waals surface area contributed by atoms with Crippen molar-refractivity contribution in [2.45, 2.75) is 32.2 Å². The molecular formula is C9H17F2N3. The zero-order chi connectivity index (χ0) is 11.4. The minimum Gasteiger partial charge on any atom is -0.397 e. The van der Waals surface area contributed by atoms with Crippen LogP contribution in [0.3, 0.4) is 0 Å². The molecule has 3 nitrogen and oxygen atoms in total. The SMILES string of the molecule is CC(C)(N)CN=C/C=C(\N)C(C)(F)F. The number of hydrogen-bond acceptors (Lipinski definition) is 3. The van der Waals surface area contributed by atoms with Crippen molar-refractivity contribution in [2.24, 2.45) is 16.5 Å². The predicted molar refractivity (Wildman–Crippen MR) is 54.5 cm³/mol. The zero-order valence-electron chi connectivity index (χ0n) is 8.72. The molecule has 4 N–H and O–H groups in total. The predicted octanol–water partition coefficient (Wildman–Crippen LogP) is 1.29. The van der Waals surface area contributed by atoms with E-state index in [0.29, 0.717) is 6.54 Å². The van der Waals surface area contributed by atoms with Crippen LogP contribution in [0.25, 0.3) is 0 Å². The number of hydrogen-bond donors (Lipinski definition) is 2. The monoisotopic (exact) mass is 205 g/mol. The fourth-order valence-electron chi connectivity index (χ4n) is 0.567. The van der Waals surface area contributed by atoms with Crippen molar-refractivity contribution in [3.63, 3.8) is 0 Å². The molecule has 0 aromatic rings. The molecular weight excluding hydrogens is 188 g/mol. The van der Waals surface area contributed by atoms with Crippen LogP contribution in [0, 0.1) is 0 Å². The molecule has 14 heavy (non-hydrogen) atoms. The van der Waals surface area contributed by atoms with Crippen LogP contribution in [0.4, 0.5) is 8.78 Å². The van der Waals surface area contributed by atoms with Crippen molar-refractivity contribution in [1.29, 1.82) is 0 Å². The van der Waals surface area contributed by atoms with E-state index < -0.39 is 17.2 Å².